The fourth-order valence-electron chi connectivity index (χ4n) is 2.73. The van der Waals surface area contributed by atoms with Crippen LogP contribution >= 0.6 is 27.5 Å². The van der Waals surface area contributed by atoms with Gasteiger partial charge in [-0.2, -0.15) is 5.10 Å². The van der Waals surface area contributed by atoms with Gasteiger partial charge in [-0.1, -0.05) is 41.4 Å². The molecule has 0 spiro atoms. The number of aryl methyl sites for hydroxylation is 2. The van der Waals surface area contributed by atoms with Gasteiger partial charge in [0.15, 0.2) is 0 Å². The van der Waals surface area contributed by atoms with Gasteiger partial charge in [0.2, 0.25) is 0 Å². The summed E-state index contributed by atoms with van der Waals surface area (Å²) >= 11 is 10.2. The Morgan fingerprint density at radius 3 is 2.74 bits per heavy atom. The molecule has 0 radical (unpaired) electrons. The van der Waals surface area contributed by atoms with Crippen LogP contribution in [0.25, 0.3) is 0 Å². The van der Waals surface area contributed by atoms with Crippen molar-refractivity contribution in [2.75, 3.05) is 13.1 Å². The van der Waals surface area contributed by atoms with Gasteiger partial charge in [0.25, 0.3) is 0 Å². The number of nitrogens with zero attached hydrogens (tertiary/aromatic N) is 3. The second-order valence-electron chi connectivity index (χ2n) is 5.39. The minimum Gasteiger partial charge on any atom is -0.297 e. The van der Waals surface area contributed by atoms with E-state index in [4.69, 9.17) is 11.6 Å². The Morgan fingerprint density at radius 2 is 2.16 bits per heavy atom. The molecule has 0 bridgehead atoms. The average Bonchev–Trinajstić information content (AvgIpc) is 2.70. The van der Waals surface area contributed by atoms with E-state index in [0.717, 1.165) is 43.3 Å². The van der Waals surface area contributed by atoms with Crippen LogP contribution in [-0.2, 0) is 19.5 Å². The van der Waals surface area contributed by atoms with Crippen LogP contribution in [0.5, 0.6) is 0 Å². The quantitative estimate of drug-likeness (QED) is 0.773. The molecule has 1 fully saturated rings. The second-order valence-corrected chi connectivity index (χ2v) is 6.95. The van der Waals surface area contributed by atoms with Gasteiger partial charge in [0.05, 0.1) is 16.4 Å². The van der Waals surface area contributed by atoms with Crippen molar-refractivity contribution in [2.45, 2.75) is 51.5 Å². The molecule has 19 heavy (non-hydrogen) atoms. The Labute approximate surface area is 129 Å². The maximum absolute atomic E-state index is 6.47. The summed E-state index contributed by atoms with van der Waals surface area (Å²) in [6.07, 6.45) is 2.11. The summed E-state index contributed by atoms with van der Waals surface area (Å²) in [7, 11) is 0. The highest BCUT2D eigenvalue weighted by molar-refractivity contribution is 9.09. The van der Waals surface area contributed by atoms with Gasteiger partial charge in [0, 0.05) is 24.5 Å². The van der Waals surface area contributed by atoms with Gasteiger partial charge in [0.1, 0.15) is 0 Å². The van der Waals surface area contributed by atoms with Crippen LogP contribution < -0.4 is 0 Å². The molecule has 1 aromatic rings. The highest BCUT2D eigenvalue weighted by Crippen LogP contribution is 2.27. The first-order valence-electron chi connectivity index (χ1n) is 7.17. The van der Waals surface area contributed by atoms with E-state index in [1.54, 1.807) is 0 Å². The summed E-state index contributed by atoms with van der Waals surface area (Å²) in [5.41, 5.74) is 2.21. The molecule has 2 atom stereocenters. The lowest BCUT2D eigenvalue weighted by Crippen LogP contribution is -2.39. The lowest BCUT2D eigenvalue weighted by Gasteiger charge is -2.34. The molecule has 0 saturated carbocycles. The summed E-state index contributed by atoms with van der Waals surface area (Å²) in [6, 6.07) is 0. The fraction of sp³-hybridized carbons (Fsp3) is 0.786. The molecule has 1 aliphatic heterocycles. The first-order chi connectivity index (χ1) is 9.06. The van der Waals surface area contributed by atoms with E-state index >= 15 is 0 Å². The summed E-state index contributed by atoms with van der Waals surface area (Å²) in [5, 5.41) is 5.47. The van der Waals surface area contributed by atoms with Gasteiger partial charge in [-0.25, -0.2) is 0 Å². The van der Waals surface area contributed by atoms with E-state index < -0.39 is 0 Å². The van der Waals surface area contributed by atoms with Gasteiger partial charge >= 0.3 is 0 Å². The molecule has 0 N–H and O–H groups in total. The number of aromatic nitrogens is 2. The summed E-state index contributed by atoms with van der Waals surface area (Å²) in [5.74, 6) is 0.691. The molecular formula is C14H23BrClN3. The van der Waals surface area contributed by atoms with Gasteiger partial charge in [-0.3, -0.25) is 9.58 Å². The zero-order chi connectivity index (χ0) is 14.0. The molecule has 2 unspecified atom stereocenters. The Morgan fingerprint density at radius 1 is 1.42 bits per heavy atom. The molecule has 2 rings (SSSR count). The number of likely N-dealkylation sites (tertiary alicyclic amines) is 1. The predicted octanol–water partition coefficient (Wildman–Crippen LogP) is 3.72. The Kier molecular flexibility index (Phi) is 5.32. The predicted molar refractivity (Wildman–Crippen MR) is 84.1 cm³/mol. The Balaban J connectivity index is 2.12. The smallest absolute Gasteiger partial charge is 0.0863 e. The first kappa shape index (κ1) is 15.3. The molecule has 0 aliphatic carbocycles. The van der Waals surface area contributed by atoms with Crippen LogP contribution in [0.4, 0.5) is 0 Å². The molecular weight excluding hydrogens is 326 g/mol. The van der Waals surface area contributed by atoms with Crippen LogP contribution in [-0.4, -0.2) is 32.6 Å². The third-order valence-electron chi connectivity index (χ3n) is 3.95. The largest absolute Gasteiger partial charge is 0.297 e. The normalized spacial score (nSPS) is 24.9. The van der Waals surface area contributed by atoms with E-state index in [1.165, 1.54) is 12.1 Å². The van der Waals surface area contributed by atoms with E-state index in [1.807, 2.05) is 0 Å². The highest BCUT2D eigenvalue weighted by Gasteiger charge is 2.25. The monoisotopic (exact) mass is 347 g/mol. The highest BCUT2D eigenvalue weighted by atomic mass is 79.9. The van der Waals surface area contributed by atoms with Gasteiger partial charge in [-0.05, 0) is 32.2 Å². The molecule has 5 heteroatoms. The zero-order valence-corrected chi connectivity index (χ0v) is 14.3. The standard InChI is InChI=1S/C14H23BrClN3/c1-4-12-14(16)13(19(5-2)17-12)9-18-7-6-11(15)10(3)8-18/h10-11H,4-9H2,1-3H3. The van der Waals surface area contributed by atoms with E-state index in [0.29, 0.717) is 10.7 Å². The van der Waals surface area contributed by atoms with E-state index in [2.05, 4.69) is 51.4 Å². The fourth-order valence-corrected chi connectivity index (χ4v) is 3.43. The molecule has 3 nitrogen and oxygen atoms in total. The lowest BCUT2D eigenvalue weighted by atomic mass is 10.00. The van der Waals surface area contributed by atoms with E-state index in [9.17, 15) is 0 Å². The first-order valence-corrected chi connectivity index (χ1v) is 8.46. The third-order valence-corrected chi connectivity index (χ3v) is 5.75. The van der Waals surface area contributed by atoms with Crippen molar-refractivity contribution in [3.63, 3.8) is 0 Å². The molecule has 2 heterocycles. The average molecular weight is 349 g/mol. The van der Waals surface area contributed by atoms with Crippen LogP contribution in [0.15, 0.2) is 0 Å². The summed E-state index contributed by atoms with van der Waals surface area (Å²) < 4.78 is 2.06. The number of halogens is 2. The number of hydrogen-bond donors (Lipinski definition) is 0. The van der Waals surface area contributed by atoms with Gasteiger partial charge < -0.3 is 0 Å². The van der Waals surface area contributed by atoms with Crippen molar-refractivity contribution in [3.05, 3.63) is 16.4 Å². The van der Waals surface area contributed by atoms with Crippen molar-refractivity contribution in [2.24, 2.45) is 5.92 Å². The number of piperidine rings is 1. The van der Waals surface area contributed by atoms with Crippen LogP contribution in [0, 0.1) is 5.92 Å². The second kappa shape index (κ2) is 6.59. The maximum atomic E-state index is 6.47. The zero-order valence-electron chi connectivity index (χ0n) is 12.0. The SMILES string of the molecule is CCc1nn(CC)c(CN2CCC(Br)C(C)C2)c1Cl. The van der Waals surface area contributed by atoms with Crippen molar-refractivity contribution >= 4 is 27.5 Å². The maximum Gasteiger partial charge on any atom is 0.0863 e. The number of alkyl halides is 1. The Hall–Kier alpha value is -0.0600. The molecule has 108 valence electrons. The topological polar surface area (TPSA) is 21.1 Å². The number of rotatable bonds is 4. The third kappa shape index (κ3) is 3.34. The van der Waals surface area contributed by atoms with Crippen molar-refractivity contribution in [1.29, 1.82) is 0 Å². The molecule has 1 aliphatic rings. The summed E-state index contributed by atoms with van der Waals surface area (Å²) in [6.45, 7) is 10.6. The number of hydrogen-bond acceptors (Lipinski definition) is 2. The van der Waals surface area contributed by atoms with Crippen molar-refractivity contribution in [1.82, 2.24) is 14.7 Å². The lowest BCUT2D eigenvalue weighted by molar-refractivity contribution is 0.179. The molecule has 1 aromatic heterocycles. The van der Waals surface area contributed by atoms with E-state index in [-0.39, 0.29) is 0 Å². The molecule has 0 aromatic carbocycles. The molecule has 0 amide bonds. The summed E-state index contributed by atoms with van der Waals surface area (Å²) in [4.78, 5) is 3.15. The van der Waals surface area contributed by atoms with Gasteiger partial charge in [-0.15, -0.1) is 0 Å². The van der Waals surface area contributed by atoms with Crippen LogP contribution in [0.1, 0.15) is 38.6 Å². The minimum absolute atomic E-state index is 0.654. The minimum atomic E-state index is 0.654. The Bertz CT molecular complexity index is 433. The van der Waals surface area contributed by atoms with Crippen LogP contribution in [0.3, 0.4) is 0 Å². The van der Waals surface area contributed by atoms with Crippen molar-refractivity contribution < 1.29 is 0 Å². The van der Waals surface area contributed by atoms with Crippen LogP contribution in [0.2, 0.25) is 5.02 Å². The molecule has 1 saturated heterocycles. The van der Waals surface area contributed by atoms with Crippen molar-refractivity contribution in [3.8, 4) is 0 Å².